The van der Waals surface area contributed by atoms with Gasteiger partial charge in [0, 0.05) is 19.2 Å². The Bertz CT molecular complexity index is 1060. The number of halogens is 2. The molecule has 168 valence electrons. The molecule has 0 saturated carbocycles. The van der Waals surface area contributed by atoms with Crippen LogP contribution in [0.2, 0.25) is 0 Å². The lowest BCUT2D eigenvalue weighted by atomic mass is 9.83. The van der Waals surface area contributed by atoms with Crippen LogP contribution in [0.1, 0.15) is 32.3 Å². The van der Waals surface area contributed by atoms with E-state index in [9.17, 15) is 4.39 Å². The van der Waals surface area contributed by atoms with Crippen molar-refractivity contribution in [3.8, 4) is 5.75 Å². The van der Waals surface area contributed by atoms with Gasteiger partial charge in [-0.15, -0.1) is 0 Å². The average molecular weight is 440 g/mol. The number of rotatable bonds is 6. The van der Waals surface area contributed by atoms with Crippen molar-refractivity contribution in [2.24, 2.45) is 5.41 Å². The molecule has 0 atom stereocenters. The number of nitrogens with one attached hydrogen (secondary N) is 1. The average Bonchev–Trinajstić information content (AvgIpc) is 2.78. The molecular formula is C24H27F2N5O. The molecule has 1 fully saturated rings. The third kappa shape index (κ3) is 4.90. The van der Waals surface area contributed by atoms with Crippen LogP contribution in [0.4, 0.5) is 31.8 Å². The fraction of sp³-hybridized carbons (Fsp3) is 0.333. The monoisotopic (exact) mass is 439 g/mol. The molecule has 1 aromatic heterocycles. The summed E-state index contributed by atoms with van der Waals surface area (Å²) in [7, 11) is 0. The first-order chi connectivity index (χ1) is 15.3. The van der Waals surface area contributed by atoms with Gasteiger partial charge in [-0.1, -0.05) is 44.2 Å². The summed E-state index contributed by atoms with van der Waals surface area (Å²) >= 11 is 0. The quantitative estimate of drug-likeness (QED) is 0.509. The Hall–Kier alpha value is -3.42. The highest BCUT2D eigenvalue weighted by Gasteiger charge is 2.26. The van der Waals surface area contributed by atoms with Crippen molar-refractivity contribution in [1.29, 1.82) is 0 Å². The molecule has 3 N–H and O–H groups in total. The number of nitrogens with two attached hydrogens (primary N) is 1. The summed E-state index contributed by atoms with van der Waals surface area (Å²) in [6.45, 7) is 6.33. The molecule has 1 saturated heterocycles. The van der Waals surface area contributed by atoms with Crippen molar-refractivity contribution in [3.63, 3.8) is 0 Å². The molecule has 1 aliphatic heterocycles. The molecule has 0 bridgehead atoms. The van der Waals surface area contributed by atoms with Crippen LogP contribution in [0.5, 0.6) is 5.75 Å². The first-order valence-corrected chi connectivity index (χ1v) is 10.6. The maximum absolute atomic E-state index is 15.1. The van der Waals surface area contributed by atoms with Crippen molar-refractivity contribution in [2.75, 3.05) is 29.0 Å². The van der Waals surface area contributed by atoms with E-state index in [4.69, 9.17) is 10.5 Å². The van der Waals surface area contributed by atoms with E-state index in [-0.39, 0.29) is 18.0 Å². The molecule has 0 amide bonds. The van der Waals surface area contributed by atoms with Crippen LogP contribution >= 0.6 is 0 Å². The second kappa shape index (κ2) is 8.98. The maximum Gasteiger partial charge on any atom is 0.225 e. The van der Waals surface area contributed by atoms with E-state index in [0.29, 0.717) is 17.1 Å². The summed E-state index contributed by atoms with van der Waals surface area (Å²) in [5, 5.41) is 2.86. The van der Waals surface area contributed by atoms with Gasteiger partial charge in [-0.2, -0.15) is 0 Å². The Morgan fingerprint density at radius 1 is 1.09 bits per heavy atom. The lowest BCUT2D eigenvalue weighted by Gasteiger charge is -2.36. The number of benzene rings is 2. The van der Waals surface area contributed by atoms with Gasteiger partial charge in [-0.3, -0.25) is 0 Å². The molecule has 0 unspecified atom stereocenters. The standard InChI is InChI=1S/C24H27F2N5O/c1-24(2)8-10-31(11-9-24)23-28-13-17(14-29-23)30-21-19(27)12-18(25)22(20(21)26)32-15-16-6-4-3-5-7-16/h3-7,12-14,30H,8-11,15,27H2,1-2H3. The van der Waals surface area contributed by atoms with Crippen LogP contribution in [-0.2, 0) is 6.61 Å². The highest BCUT2D eigenvalue weighted by Crippen LogP contribution is 2.36. The van der Waals surface area contributed by atoms with Gasteiger partial charge in [-0.05, 0) is 23.8 Å². The fourth-order valence-electron chi connectivity index (χ4n) is 3.61. The zero-order valence-electron chi connectivity index (χ0n) is 18.2. The Labute approximate surface area is 186 Å². The van der Waals surface area contributed by atoms with Crippen molar-refractivity contribution in [2.45, 2.75) is 33.3 Å². The molecule has 6 nitrogen and oxygen atoms in total. The second-order valence-corrected chi connectivity index (χ2v) is 8.79. The molecule has 0 spiro atoms. The maximum atomic E-state index is 15.1. The van der Waals surface area contributed by atoms with Gasteiger partial charge in [0.05, 0.1) is 23.8 Å². The zero-order chi connectivity index (χ0) is 22.7. The molecule has 1 aliphatic rings. The zero-order valence-corrected chi connectivity index (χ0v) is 18.2. The van der Waals surface area contributed by atoms with E-state index in [2.05, 4.69) is 34.0 Å². The Morgan fingerprint density at radius 3 is 2.41 bits per heavy atom. The molecular weight excluding hydrogens is 412 g/mol. The van der Waals surface area contributed by atoms with E-state index in [1.165, 1.54) is 0 Å². The first-order valence-electron chi connectivity index (χ1n) is 10.6. The van der Waals surface area contributed by atoms with E-state index in [1.807, 2.05) is 30.3 Å². The Balaban J connectivity index is 1.49. The molecule has 2 heterocycles. The SMILES string of the molecule is CC1(C)CCN(c2ncc(Nc3c(N)cc(F)c(OCc4ccccc4)c3F)cn2)CC1. The van der Waals surface area contributed by atoms with Crippen molar-refractivity contribution in [3.05, 3.63) is 66.0 Å². The van der Waals surface area contributed by atoms with Gasteiger partial charge in [0.2, 0.25) is 5.95 Å². The summed E-state index contributed by atoms with van der Waals surface area (Å²) in [6.07, 6.45) is 5.27. The fourth-order valence-corrected chi connectivity index (χ4v) is 3.61. The third-order valence-electron chi connectivity index (χ3n) is 5.74. The number of nitrogens with zero attached hydrogens (tertiary/aromatic N) is 3. The van der Waals surface area contributed by atoms with Gasteiger partial charge in [0.25, 0.3) is 0 Å². The highest BCUT2D eigenvalue weighted by atomic mass is 19.1. The van der Waals surface area contributed by atoms with Gasteiger partial charge in [0.15, 0.2) is 17.4 Å². The second-order valence-electron chi connectivity index (χ2n) is 8.79. The third-order valence-corrected chi connectivity index (χ3v) is 5.74. The highest BCUT2D eigenvalue weighted by molar-refractivity contribution is 5.74. The summed E-state index contributed by atoms with van der Waals surface area (Å²) in [4.78, 5) is 10.9. The van der Waals surface area contributed by atoms with Gasteiger partial charge >= 0.3 is 0 Å². The smallest absolute Gasteiger partial charge is 0.225 e. The Morgan fingerprint density at radius 2 is 1.75 bits per heavy atom. The van der Waals surface area contributed by atoms with Crippen molar-refractivity contribution < 1.29 is 13.5 Å². The number of aromatic nitrogens is 2. The van der Waals surface area contributed by atoms with Crippen LogP contribution in [0.3, 0.4) is 0 Å². The summed E-state index contributed by atoms with van der Waals surface area (Å²) in [5.74, 6) is -1.62. The number of piperidine rings is 1. The lowest BCUT2D eigenvalue weighted by molar-refractivity contribution is 0.275. The number of anilines is 4. The van der Waals surface area contributed by atoms with Crippen LogP contribution < -0.4 is 20.7 Å². The number of hydrogen-bond acceptors (Lipinski definition) is 6. The largest absolute Gasteiger partial charge is 0.483 e. The van der Waals surface area contributed by atoms with E-state index in [0.717, 1.165) is 37.6 Å². The minimum atomic E-state index is -0.902. The number of nitrogen functional groups attached to an aromatic ring is 1. The van der Waals surface area contributed by atoms with Gasteiger partial charge in [-0.25, -0.2) is 18.7 Å². The van der Waals surface area contributed by atoms with Crippen LogP contribution in [-0.4, -0.2) is 23.1 Å². The van der Waals surface area contributed by atoms with Crippen LogP contribution in [0, 0.1) is 17.0 Å². The minimum absolute atomic E-state index is 0.0302. The molecule has 2 aromatic carbocycles. The summed E-state index contributed by atoms with van der Waals surface area (Å²) in [5.41, 5.74) is 7.28. The van der Waals surface area contributed by atoms with Crippen molar-refractivity contribution in [1.82, 2.24) is 9.97 Å². The van der Waals surface area contributed by atoms with Crippen molar-refractivity contribution >= 4 is 23.0 Å². The minimum Gasteiger partial charge on any atom is -0.483 e. The molecule has 3 aromatic rings. The lowest BCUT2D eigenvalue weighted by Crippen LogP contribution is -2.38. The summed E-state index contributed by atoms with van der Waals surface area (Å²) < 4.78 is 34.8. The van der Waals surface area contributed by atoms with Gasteiger partial charge < -0.3 is 20.7 Å². The van der Waals surface area contributed by atoms with E-state index >= 15 is 4.39 Å². The predicted octanol–water partition coefficient (Wildman–Crippen LogP) is 5.29. The first kappa shape index (κ1) is 21.8. The van der Waals surface area contributed by atoms with Crippen LogP contribution in [0.25, 0.3) is 0 Å². The molecule has 0 radical (unpaired) electrons. The van der Waals surface area contributed by atoms with E-state index < -0.39 is 17.4 Å². The van der Waals surface area contributed by atoms with E-state index in [1.54, 1.807) is 12.4 Å². The topological polar surface area (TPSA) is 76.3 Å². The number of ether oxygens (including phenoxy) is 1. The molecule has 8 heteroatoms. The predicted molar refractivity (Wildman–Crippen MR) is 122 cm³/mol. The van der Waals surface area contributed by atoms with Crippen LogP contribution in [0.15, 0.2) is 48.8 Å². The molecule has 4 rings (SSSR count). The molecule has 0 aliphatic carbocycles. The number of hydrogen-bond donors (Lipinski definition) is 2. The Kier molecular flexibility index (Phi) is 6.12. The van der Waals surface area contributed by atoms with Gasteiger partial charge in [0.1, 0.15) is 12.3 Å². The molecule has 32 heavy (non-hydrogen) atoms. The normalized spacial score (nSPS) is 15.4. The summed E-state index contributed by atoms with van der Waals surface area (Å²) in [6, 6.07) is 10.2.